The molecule has 1 heteroatoms. The van der Waals surface area contributed by atoms with Crippen molar-refractivity contribution in [1.82, 2.24) is 0 Å². The van der Waals surface area contributed by atoms with Gasteiger partial charge in [0.25, 0.3) is 0 Å². The lowest BCUT2D eigenvalue weighted by atomic mass is 10.8. The quantitative estimate of drug-likeness (QED) is 0.262. The van der Waals surface area contributed by atoms with Crippen molar-refractivity contribution in [2.75, 3.05) is 0 Å². The van der Waals surface area contributed by atoms with Crippen LogP contribution < -0.4 is 0 Å². The smallest absolute Gasteiger partial charge is 0.0906 e. The summed E-state index contributed by atoms with van der Waals surface area (Å²) in [5.41, 5.74) is 2.82. The van der Waals surface area contributed by atoms with E-state index in [1.54, 1.807) is 0 Å². The molecule has 22 valence electrons. The van der Waals surface area contributed by atoms with E-state index < -0.39 is 0 Å². The fourth-order valence-electron chi connectivity index (χ4n) is 0. The van der Waals surface area contributed by atoms with Gasteiger partial charge in [0.2, 0.25) is 0 Å². The van der Waals surface area contributed by atoms with Crippen molar-refractivity contribution in [2.24, 2.45) is 0 Å². The van der Waals surface area contributed by atoms with Crippen LogP contribution in [0.5, 0.6) is 0 Å². The third kappa shape index (κ3) is 1.78. The van der Waals surface area contributed by atoms with Crippen molar-refractivity contribution in [3.63, 3.8) is 0 Å². The van der Waals surface area contributed by atoms with E-state index in [1.165, 1.54) is 0 Å². The predicted molar refractivity (Wildman–Crippen MR) is 23.4 cm³/mol. The topological polar surface area (TPSA) is 0 Å². The third-order valence-electron chi connectivity index (χ3n) is 0.250. The first kappa shape index (κ1) is 3.78. The molecule has 0 fully saturated rings. The van der Waals surface area contributed by atoms with Gasteiger partial charge in [-0.2, -0.15) is 0 Å². The van der Waals surface area contributed by atoms with Gasteiger partial charge in [0, 0.05) is 0 Å². The highest BCUT2D eigenvalue weighted by Crippen LogP contribution is 1.32. The maximum Gasteiger partial charge on any atom is 0.0906 e. The summed E-state index contributed by atoms with van der Waals surface area (Å²) in [7, 11) is 1.03. The molecule has 0 spiro atoms. The molecule has 0 aliphatic carbocycles. The molecule has 0 amide bonds. The average Bonchev–Trinajstić information content (AvgIpc) is 1.37. The molecular weight excluding hydrogens is 64.1 g/mol. The van der Waals surface area contributed by atoms with Gasteiger partial charge in [0.1, 0.15) is 0 Å². The molecule has 0 nitrogen and oxygen atoms in total. The molecule has 0 aliphatic rings. The second-order valence-electron chi connectivity index (χ2n) is 0.500. The van der Waals surface area contributed by atoms with Gasteiger partial charge >= 0.3 is 0 Å². The van der Waals surface area contributed by atoms with Crippen molar-refractivity contribution < 1.29 is 0 Å². The SMILES string of the molecule is CC#C[SiH3]. The van der Waals surface area contributed by atoms with E-state index >= 15 is 0 Å². The Kier molecular flexibility index (Phi) is 2.62. The van der Waals surface area contributed by atoms with Crippen LogP contribution in [0, 0.1) is 11.5 Å². The normalized spacial score (nSPS) is 4.25. The summed E-state index contributed by atoms with van der Waals surface area (Å²) >= 11 is 0. The van der Waals surface area contributed by atoms with Crippen molar-refractivity contribution in [3.05, 3.63) is 0 Å². The first-order valence-electron chi connectivity index (χ1n) is 1.25. The van der Waals surface area contributed by atoms with Crippen LogP contribution in [0.1, 0.15) is 6.92 Å². The second kappa shape index (κ2) is 2.78. The van der Waals surface area contributed by atoms with Crippen molar-refractivity contribution in [2.45, 2.75) is 6.92 Å². The first-order valence-corrected chi connectivity index (χ1v) is 2.25. The van der Waals surface area contributed by atoms with Crippen LogP contribution in [-0.4, -0.2) is 10.2 Å². The van der Waals surface area contributed by atoms with Gasteiger partial charge in [0.15, 0.2) is 0 Å². The van der Waals surface area contributed by atoms with E-state index in [1.807, 2.05) is 6.92 Å². The fraction of sp³-hybridized carbons (Fsp3) is 0.333. The first-order chi connectivity index (χ1) is 1.91. The molecule has 0 saturated carbocycles. The monoisotopic (exact) mass is 70.0 g/mol. The summed E-state index contributed by atoms with van der Waals surface area (Å²) in [5.74, 6) is 2.74. The summed E-state index contributed by atoms with van der Waals surface area (Å²) < 4.78 is 0. The third-order valence-corrected chi connectivity index (χ3v) is 0.750. The Morgan fingerprint density at radius 2 is 2.00 bits per heavy atom. The van der Waals surface area contributed by atoms with Crippen molar-refractivity contribution >= 4 is 10.2 Å². The Labute approximate surface area is 29.6 Å². The zero-order valence-electron chi connectivity index (χ0n) is 3.00. The maximum absolute atomic E-state index is 2.82. The fourth-order valence-corrected chi connectivity index (χ4v) is 0. The zero-order valence-corrected chi connectivity index (χ0v) is 5.00. The molecule has 0 saturated heterocycles. The lowest BCUT2D eigenvalue weighted by Crippen LogP contribution is -1.41. The van der Waals surface area contributed by atoms with E-state index in [0.717, 1.165) is 10.2 Å². The molecular formula is C3H6Si. The molecule has 0 N–H and O–H groups in total. The lowest BCUT2D eigenvalue weighted by molar-refractivity contribution is 1.93. The van der Waals surface area contributed by atoms with E-state index in [2.05, 4.69) is 11.5 Å². The molecule has 0 aliphatic heterocycles. The van der Waals surface area contributed by atoms with E-state index in [9.17, 15) is 0 Å². The van der Waals surface area contributed by atoms with Gasteiger partial charge in [-0.1, -0.05) is 0 Å². The number of hydrogen-bond donors (Lipinski definition) is 0. The van der Waals surface area contributed by atoms with Gasteiger partial charge in [0.05, 0.1) is 10.2 Å². The van der Waals surface area contributed by atoms with Crippen molar-refractivity contribution in [3.8, 4) is 11.5 Å². The summed E-state index contributed by atoms with van der Waals surface area (Å²) in [6.07, 6.45) is 0. The Balaban J connectivity index is 2.83. The molecule has 0 bridgehead atoms. The molecule has 0 atom stereocenters. The average molecular weight is 70.2 g/mol. The minimum Gasteiger partial charge on any atom is -0.144 e. The molecule has 4 heavy (non-hydrogen) atoms. The van der Waals surface area contributed by atoms with Gasteiger partial charge in [-0.05, 0) is 6.92 Å². The highest BCUT2D eigenvalue weighted by molar-refractivity contribution is 6.22. The summed E-state index contributed by atoms with van der Waals surface area (Å²) in [5, 5.41) is 0. The standard InChI is InChI=1S/C3H6Si/c1-2-3-4/h1,4H3. The van der Waals surface area contributed by atoms with Crippen LogP contribution in [0.15, 0.2) is 0 Å². The van der Waals surface area contributed by atoms with Gasteiger partial charge in [-0.25, -0.2) is 0 Å². The Morgan fingerprint density at radius 1 is 1.75 bits per heavy atom. The van der Waals surface area contributed by atoms with Gasteiger partial charge in [-0.15, -0.1) is 11.5 Å². The Morgan fingerprint density at radius 3 is 2.00 bits per heavy atom. The van der Waals surface area contributed by atoms with Crippen LogP contribution in [0.2, 0.25) is 0 Å². The van der Waals surface area contributed by atoms with E-state index in [4.69, 9.17) is 0 Å². The lowest BCUT2D eigenvalue weighted by Gasteiger charge is -1.40. The van der Waals surface area contributed by atoms with Crippen LogP contribution >= 0.6 is 0 Å². The summed E-state index contributed by atoms with van der Waals surface area (Å²) in [6, 6.07) is 0. The largest absolute Gasteiger partial charge is 0.144 e. The molecule has 0 aromatic heterocycles. The minimum atomic E-state index is 1.03. The van der Waals surface area contributed by atoms with Crippen LogP contribution in [0.4, 0.5) is 0 Å². The molecule has 0 rings (SSSR count). The Bertz CT molecular complexity index is 40.0. The highest BCUT2D eigenvalue weighted by Gasteiger charge is 1.27. The number of hydrogen-bond acceptors (Lipinski definition) is 0. The minimum absolute atomic E-state index is 1.03. The van der Waals surface area contributed by atoms with Crippen LogP contribution in [-0.2, 0) is 0 Å². The predicted octanol–water partition coefficient (Wildman–Crippen LogP) is -0.667. The van der Waals surface area contributed by atoms with E-state index in [0.29, 0.717) is 0 Å². The van der Waals surface area contributed by atoms with Gasteiger partial charge < -0.3 is 0 Å². The molecule has 0 radical (unpaired) electrons. The molecule has 0 unspecified atom stereocenters. The zero-order chi connectivity index (χ0) is 3.41. The maximum atomic E-state index is 2.82. The van der Waals surface area contributed by atoms with Crippen LogP contribution in [0.3, 0.4) is 0 Å². The summed E-state index contributed by atoms with van der Waals surface area (Å²) in [6.45, 7) is 1.85. The summed E-state index contributed by atoms with van der Waals surface area (Å²) in [4.78, 5) is 0. The van der Waals surface area contributed by atoms with Crippen LogP contribution in [0.25, 0.3) is 0 Å². The Hall–Kier alpha value is -0.223. The molecule has 0 aromatic carbocycles. The molecule has 0 aromatic rings. The van der Waals surface area contributed by atoms with Gasteiger partial charge in [-0.3, -0.25) is 0 Å². The highest BCUT2D eigenvalue weighted by atomic mass is 28.1. The van der Waals surface area contributed by atoms with E-state index in [-0.39, 0.29) is 0 Å². The van der Waals surface area contributed by atoms with Crippen molar-refractivity contribution in [1.29, 1.82) is 0 Å². The number of rotatable bonds is 0. The second-order valence-corrected chi connectivity index (χ2v) is 1.00. The molecule has 0 heterocycles.